The Kier molecular flexibility index (Phi) is 7.05. The quantitative estimate of drug-likeness (QED) is 0.795. The molecule has 0 aliphatic rings. The van der Waals surface area contributed by atoms with E-state index >= 15 is 0 Å². The molecular formula is C16H31N5. The molecule has 0 spiro atoms. The van der Waals surface area contributed by atoms with Crippen molar-refractivity contribution in [2.24, 2.45) is 0 Å². The van der Waals surface area contributed by atoms with Gasteiger partial charge in [0.15, 0.2) is 0 Å². The highest BCUT2D eigenvalue weighted by molar-refractivity contribution is 5.48. The lowest BCUT2D eigenvalue weighted by atomic mass is 10.2. The molecule has 0 saturated carbocycles. The zero-order valence-electron chi connectivity index (χ0n) is 14.6. The summed E-state index contributed by atoms with van der Waals surface area (Å²) in [4.78, 5) is 13.7. The molecule has 1 heterocycles. The monoisotopic (exact) mass is 293 g/mol. The van der Waals surface area contributed by atoms with Gasteiger partial charge in [-0.2, -0.15) is 0 Å². The predicted molar refractivity (Wildman–Crippen MR) is 89.9 cm³/mol. The molecule has 0 aliphatic carbocycles. The van der Waals surface area contributed by atoms with E-state index in [1.54, 1.807) is 0 Å². The number of rotatable bonds is 8. The second-order valence-corrected chi connectivity index (χ2v) is 6.48. The molecule has 1 aromatic rings. The highest BCUT2D eigenvalue weighted by Crippen LogP contribution is 2.19. The third-order valence-corrected chi connectivity index (χ3v) is 3.35. The van der Waals surface area contributed by atoms with E-state index in [9.17, 15) is 0 Å². The summed E-state index contributed by atoms with van der Waals surface area (Å²) >= 11 is 0. The molecule has 0 amide bonds. The van der Waals surface area contributed by atoms with E-state index in [0.717, 1.165) is 36.8 Å². The number of likely N-dealkylation sites (N-methyl/N-ethyl adjacent to an activating group) is 2. The molecule has 0 aromatic carbocycles. The van der Waals surface area contributed by atoms with Gasteiger partial charge in [0.05, 0.1) is 17.6 Å². The van der Waals surface area contributed by atoms with Crippen LogP contribution in [0.3, 0.4) is 0 Å². The van der Waals surface area contributed by atoms with Gasteiger partial charge in [-0.25, -0.2) is 9.97 Å². The normalized spacial score (nSPS) is 11.7. The molecule has 0 fully saturated rings. The van der Waals surface area contributed by atoms with Crippen molar-refractivity contribution < 1.29 is 0 Å². The van der Waals surface area contributed by atoms with Crippen molar-refractivity contribution >= 4 is 5.69 Å². The maximum atomic E-state index is 4.76. The lowest BCUT2D eigenvalue weighted by Gasteiger charge is -2.24. The van der Waals surface area contributed by atoms with Crippen LogP contribution >= 0.6 is 0 Å². The second kappa shape index (κ2) is 8.29. The van der Waals surface area contributed by atoms with E-state index in [2.05, 4.69) is 68.9 Å². The van der Waals surface area contributed by atoms with E-state index in [1.807, 2.05) is 6.20 Å². The third kappa shape index (κ3) is 5.98. The van der Waals surface area contributed by atoms with Gasteiger partial charge in [-0.05, 0) is 14.1 Å². The van der Waals surface area contributed by atoms with Crippen LogP contribution in [0.15, 0.2) is 6.20 Å². The van der Waals surface area contributed by atoms with Gasteiger partial charge in [0.1, 0.15) is 5.82 Å². The summed E-state index contributed by atoms with van der Waals surface area (Å²) in [5.41, 5.74) is 2.21. The molecule has 0 radical (unpaired) electrons. The molecule has 1 aromatic heterocycles. The van der Waals surface area contributed by atoms with Crippen molar-refractivity contribution in [1.29, 1.82) is 0 Å². The summed E-state index contributed by atoms with van der Waals surface area (Å²) in [7, 11) is 6.29. The highest BCUT2D eigenvalue weighted by atomic mass is 15.2. The van der Waals surface area contributed by atoms with Crippen LogP contribution in [0.25, 0.3) is 0 Å². The molecule has 21 heavy (non-hydrogen) atoms. The van der Waals surface area contributed by atoms with Crippen molar-refractivity contribution in [3.8, 4) is 0 Å². The van der Waals surface area contributed by atoms with Crippen LogP contribution in [0.1, 0.15) is 45.1 Å². The lowest BCUT2D eigenvalue weighted by Crippen LogP contribution is -2.31. The average molecular weight is 293 g/mol. The van der Waals surface area contributed by atoms with Gasteiger partial charge in [-0.15, -0.1) is 0 Å². The summed E-state index contributed by atoms with van der Waals surface area (Å²) in [6, 6.07) is 0.447. The zero-order chi connectivity index (χ0) is 16.0. The summed E-state index contributed by atoms with van der Waals surface area (Å²) in [5.74, 6) is 1.27. The minimum atomic E-state index is 0.351. The summed E-state index contributed by atoms with van der Waals surface area (Å²) in [6.45, 7) is 11.3. The molecule has 0 saturated heterocycles. The van der Waals surface area contributed by atoms with Gasteiger partial charge >= 0.3 is 0 Å². The Hall–Kier alpha value is -1.20. The topological polar surface area (TPSA) is 44.3 Å². The van der Waals surface area contributed by atoms with Crippen molar-refractivity contribution in [2.45, 2.75) is 46.2 Å². The number of aromatic nitrogens is 2. The summed E-state index contributed by atoms with van der Waals surface area (Å²) in [6.07, 6.45) is 1.97. The van der Waals surface area contributed by atoms with Crippen molar-refractivity contribution in [1.82, 2.24) is 20.2 Å². The maximum Gasteiger partial charge on any atom is 0.131 e. The van der Waals surface area contributed by atoms with Crippen LogP contribution in [0, 0.1) is 0 Å². The van der Waals surface area contributed by atoms with E-state index in [-0.39, 0.29) is 0 Å². The van der Waals surface area contributed by atoms with Crippen LogP contribution in [0.5, 0.6) is 0 Å². The SMILES string of the molecule is CC(C)NCc1nc(C(C)C)ncc1N(C)CCN(C)C. The highest BCUT2D eigenvalue weighted by Gasteiger charge is 2.13. The Morgan fingerprint density at radius 3 is 2.29 bits per heavy atom. The van der Waals surface area contributed by atoms with Crippen LogP contribution in [-0.2, 0) is 6.54 Å². The fraction of sp³-hybridized carbons (Fsp3) is 0.750. The van der Waals surface area contributed by atoms with Gasteiger partial charge in [0, 0.05) is 38.6 Å². The van der Waals surface area contributed by atoms with Crippen LogP contribution in [0.2, 0.25) is 0 Å². The van der Waals surface area contributed by atoms with Gasteiger partial charge in [-0.1, -0.05) is 27.7 Å². The Balaban J connectivity index is 2.94. The van der Waals surface area contributed by atoms with Crippen molar-refractivity contribution in [3.05, 3.63) is 17.7 Å². The number of nitrogens with zero attached hydrogens (tertiary/aromatic N) is 4. The first-order valence-electron chi connectivity index (χ1n) is 7.76. The molecular weight excluding hydrogens is 262 g/mol. The van der Waals surface area contributed by atoms with E-state index < -0.39 is 0 Å². The molecule has 5 heteroatoms. The molecule has 0 bridgehead atoms. The van der Waals surface area contributed by atoms with E-state index in [0.29, 0.717) is 12.0 Å². The minimum Gasteiger partial charge on any atom is -0.371 e. The molecule has 1 N–H and O–H groups in total. The fourth-order valence-electron chi connectivity index (χ4n) is 1.92. The Labute approximate surface area is 129 Å². The molecule has 5 nitrogen and oxygen atoms in total. The smallest absolute Gasteiger partial charge is 0.131 e. The van der Waals surface area contributed by atoms with Crippen LogP contribution in [-0.4, -0.2) is 55.1 Å². The van der Waals surface area contributed by atoms with Crippen LogP contribution < -0.4 is 10.2 Å². The first-order chi connectivity index (χ1) is 9.81. The number of hydrogen-bond acceptors (Lipinski definition) is 5. The first-order valence-corrected chi connectivity index (χ1v) is 7.76. The molecule has 0 aliphatic heterocycles. The molecule has 0 unspecified atom stereocenters. The second-order valence-electron chi connectivity index (χ2n) is 6.48. The minimum absolute atomic E-state index is 0.351. The van der Waals surface area contributed by atoms with Crippen LogP contribution in [0.4, 0.5) is 5.69 Å². The van der Waals surface area contributed by atoms with E-state index in [4.69, 9.17) is 4.98 Å². The number of nitrogens with one attached hydrogen (secondary N) is 1. The fourth-order valence-corrected chi connectivity index (χ4v) is 1.92. The van der Waals surface area contributed by atoms with Crippen molar-refractivity contribution in [2.75, 3.05) is 39.1 Å². The van der Waals surface area contributed by atoms with E-state index in [1.165, 1.54) is 0 Å². The largest absolute Gasteiger partial charge is 0.371 e. The Morgan fingerprint density at radius 2 is 1.76 bits per heavy atom. The molecule has 0 atom stereocenters. The third-order valence-electron chi connectivity index (χ3n) is 3.35. The predicted octanol–water partition coefficient (Wildman–Crippen LogP) is 2.10. The van der Waals surface area contributed by atoms with Gasteiger partial charge in [0.25, 0.3) is 0 Å². The maximum absolute atomic E-state index is 4.76. The zero-order valence-corrected chi connectivity index (χ0v) is 14.6. The lowest BCUT2D eigenvalue weighted by molar-refractivity contribution is 0.416. The summed E-state index contributed by atoms with van der Waals surface area (Å²) < 4.78 is 0. The van der Waals surface area contributed by atoms with Gasteiger partial charge in [-0.3, -0.25) is 0 Å². The Morgan fingerprint density at radius 1 is 1.10 bits per heavy atom. The standard InChI is InChI=1S/C16H31N5/c1-12(2)16-18-11-15(21(7)9-8-20(5)6)14(19-16)10-17-13(3)4/h11-13,17H,8-10H2,1-7H3. The first kappa shape index (κ1) is 17.9. The van der Waals surface area contributed by atoms with Gasteiger partial charge < -0.3 is 15.1 Å². The van der Waals surface area contributed by atoms with Gasteiger partial charge in [0.2, 0.25) is 0 Å². The average Bonchev–Trinajstić information content (AvgIpc) is 2.41. The Bertz CT molecular complexity index is 429. The number of anilines is 1. The molecule has 1 rings (SSSR count). The summed E-state index contributed by atoms with van der Waals surface area (Å²) in [5, 5.41) is 3.46. The van der Waals surface area contributed by atoms with Crippen molar-refractivity contribution in [3.63, 3.8) is 0 Å². The number of hydrogen-bond donors (Lipinski definition) is 1. The molecule has 120 valence electrons.